The van der Waals surface area contributed by atoms with Gasteiger partial charge in [0.15, 0.2) is 0 Å². The maximum absolute atomic E-state index is 10.6. The summed E-state index contributed by atoms with van der Waals surface area (Å²) in [6, 6.07) is 0. The maximum atomic E-state index is 10.6. The minimum absolute atomic E-state index is 0. The molecule has 0 aromatic heterocycles. The SMILES string of the molecule is CCCCCCCC(C)[O-].[Na+]. The van der Waals surface area contributed by atoms with E-state index in [1.165, 1.54) is 25.7 Å². The van der Waals surface area contributed by atoms with Gasteiger partial charge in [0.2, 0.25) is 0 Å². The molecule has 0 N–H and O–H groups in total. The third-order valence-corrected chi connectivity index (χ3v) is 1.71. The second kappa shape index (κ2) is 11.0. The monoisotopic (exact) mass is 166 g/mol. The summed E-state index contributed by atoms with van der Waals surface area (Å²) in [5.74, 6) is 0. The topological polar surface area (TPSA) is 23.1 Å². The summed E-state index contributed by atoms with van der Waals surface area (Å²) in [5.41, 5.74) is 0. The molecule has 62 valence electrons. The van der Waals surface area contributed by atoms with Crippen molar-refractivity contribution in [3.8, 4) is 0 Å². The molecule has 1 nitrogen and oxygen atoms in total. The molecule has 0 saturated carbocycles. The van der Waals surface area contributed by atoms with E-state index in [9.17, 15) is 5.11 Å². The van der Waals surface area contributed by atoms with E-state index in [0.717, 1.165) is 12.8 Å². The predicted octanol–water partition coefficient (Wildman–Crippen LogP) is -0.900. The van der Waals surface area contributed by atoms with Gasteiger partial charge in [0.05, 0.1) is 0 Å². The fourth-order valence-electron chi connectivity index (χ4n) is 1.04. The van der Waals surface area contributed by atoms with Crippen LogP contribution in [0.15, 0.2) is 0 Å². The van der Waals surface area contributed by atoms with Crippen LogP contribution < -0.4 is 34.7 Å². The summed E-state index contributed by atoms with van der Waals surface area (Å²) < 4.78 is 0. The molecule has 0 aliphatic carbocycles. The van der Waals surface area contributed by atoms with Gasteiger partial charge in [0, 0.05) is 0 Å². The van der Waals surface area contributed by atoms with Crippen molar-refractivity contribution in [1.29, 1.82) is 0 Å². The molecule has 0 aliphatic heterocycles. The van der Waals surface area contributed by atoms with Crippen molar-refractivity contribution >= 4 is 0 Å². The molecule has 0 rings (SSSR count). The Labute approximate surface area is 92.9 Å². The van der Waals surface area contributed by atoms with E-state index in [0.29, 0.717) is 0 Å². The average molecular weight is 166 g/mol. The van der Waals surface area contributed by atoms with Gasteiger partial charge in [0.25, 0.3) is 0 Å². The van der Waals surface area contributed by atoms with Crippen molar-refractivity contribution in [2.45, 2.75) is 58.5 Å². The second-order valence-corrected chi connectivity index (χ2v) is 3.01. The molecule has 0 aromatic rings. The fourth-order valence-corrected chi connectivity index (χ4v) is 1.04. The summed E-state index contributed by atoms with van der Waals surface area (Å²) in [6.07, 6.45) is 6.82. The molecule has 0 aromatic carbocycles. The molecule has 11 heavy (non-hydrogen) atoms. The van der Waals surface area contributed by atoms with Gasteiger partial charge in [-0.1, -0.05) is 52.4 Å². The molecular weight excluding hydrogens is 147 g/mol. The van der Waals surface area contributed by atoms with Crippen molar-refractivity contribution in [3.05, 3.63) is 0 Å². The first-order valence-electron chi connectivity index (χ1n) is 4.43. The predicted molar refractivity (Wildman–Crippen MR) is 42.8 cm³/mol. The van der Waals surface area contributed by atoms with Crippen LogP contribution in [-0.4, -0.2) is 6.10 Å². The first kappa shape index (κ1) is 14.5. The normalized spacial score (nSPS) is 12.3. The van der Waals surface area contributed by atoms with Crippen LogP contribution in [0.2, 0.25) is 0 Å². The van der Waals surface area contributed by atoms with Crippen LogP contribution >= 0.6 is 0 Å². The van der Waals surface area contributed by atoms with Crippen molar-refractivity contribution < 1.29 is 34.7 Å². The molecule has 1 atom stereocenters. The van der Waals surface area contributed by atoms with Crippen LogP contribution in [0, 0.1) is 0 Å². The smallest absolute Gasteiger partial charge is 0.852 e. The summed E-state index contributed by atoms with van der Waals surface area (Å²) in [5, 5.41) is 10.6. The maximum Gasteiger partial charge on any atom is 1.00 e. The summed E-state index contributed by atoms with van der Waals surface area (Å²) in [4.78, 5) is 0. The zero-order valence-corrected chi connectivity index (χ0v) is 10.2. The third kappa shape index (κ3) is 13.9. The van der Waals surface area contributed by atoms with Crippen molar-refractivity contribution in [1.82, 2.24) is 0 Å². The Morgan fingerprint density at radius 3 is 2.09 bits per heavy atom. The standard InChI is InChI=1S/C9H19O.Na/c1-3-4-5-6-7-8-9(2)10;/h9H,3-8H2,1-2H3;/q-1;+1. The number of hydrogen-bond acceptors (Lipinski definition) is 1. The Morgan fingerprint density at radius 2 is 1.64 bits per heavy atom. The first-order valence-corrected chi connectivity index (χ1v) is 4.43. The number of rotatable bonds is 6. The van der Waals surface area contributed by atoms with E-state index in [1.807, 2.05) is 0 Å². The second-order valence-electron chi connectivity index (χ2n) is 3.01. The quantitative estimate of drug-likeness (QED) is 0.370. The summed E-state index contributed by atoms with van der Waals surface area (Å²) >= 11 is 0. The third-order valence-electron chi connectivity index (χ3n) is 1.71. The molecule has 0 bridgehead atoms. The van der Waals surface area contributed by atoms with Gasteiger partial charge >= 0.3 is 29.6 Å². The molecule has 0 fully saturated rings. The van der Waals surface area contributed by atoms with Crippen molar-refractivity contribution in [2.24, 2.45) is 0 Å². The fraction of sp³-hybridized carbons (Fsp3) is 1.00. The van der Waals surface area contributed by atoms with Gasteiger partial charge in [-0.3, -0.25) is 0 Å². The van der Waals surface area contributed by atoms with E-state index in [-0.39, 0.29) is 35.7 Å². The van der Waals surface area contributed by atoms with Gasteiger partial charge in [0.1, 0.15) is 0 Å². The van der Waals surface area contributed by atoms with Gasteiger partial charge in [-0.25, -0.2) is 0 Å². The van der Waals surface area contributed by atoms with Crippen LogP contribution in [0.3, 0.4) is 0 Å². The molecule has 0 spiro atoms. The van der Waals surface area contributed by atoms with Crippen LogP contribution in [0.4, 0.5) is 0 Å². The van der Waals surface area contributed by atoms with Crippen LogP contribution in [0.5, 0.6) is 0 Å². The van der Waals surface area contributed by atoms with E-state index < -0.39 is 0 Å². The number of hydrogen-bond donors (Lipinski definition) is 0. The van der Waals surface area contributed by atoms with Crippen LogP contribution in [0.1, 0.15) is 52.4 Å². The Hall–Kier alpha value is 0.960. The molecule has 0 amide bonds. The van der Waals surface area contributed by atoms with E-state index in [2.05, 4.69) is 6.92 Å². The molecular formula is C9H19NaO. The van der Waals surface area contributed by atoms with Gasteiger partial charge in [-0.15, -0.1) is 6.10 Å². The van der Waals surface area contributed by atoms with Crippen molar-refractivity contribution in [3.63, 3.8) is 0 Å². The van der Waals surface area contributed by atoms with Gasteiger partial charge in [-0.05, 0) is 0 Å². The largest absolute Gasteiger partial charge is 1.00 e. The molecule has 0 saturated heterocycles. The molecule has 2 heteroatoms. The average Bonchev–Trinajstić information content (AvgIpc) is 1.87. The molecule has 0 heterocycles. The number of unbranched alkanes of at least 4 members (excludes halogenated alkanes) is 4. The van der Waals surface area contributed by atoms with E-state index in [4.69, 9.17) is 0 Å². The Kier molecular flexibility index (Phi) is 14.4. The zero-order valence-electron chi connectivity index (χ0n) is 8.23. The minimum Gasteiger partial charge on any atom is -0.852 e. The molecule has 1 unspecified atom stereocenters. The first-order chi connectivity index (χ1) is 4.77. The summed E-state index contributed by atoms with van der Waals surface area (Å²) in [7, 11) is 0. The van der Waals surface area contributed by atoms with Crippen molar-refractivity contribution in [2.75, 3.05) is 0 Å². The Balaban J connectivity index is 0. The van der Waals surface area contributed by atoms with Gasteiger partial charge in [-0.2, -0.15) is 0 Å². The van der Waals surface area contributed by atoms with Gasteiger partial charge < -0.3 is 5.11 Å². The van der Waals surface area contributed by atoms with Crippen LogP contribution in [0.25, 0.3) is 0 Å². The zero-order chi connectivity index (χ0) is 7.82. The van der Waals surface area contributed by atoms with E-state index >= 15 is 0 Å². The molecule has 0 aliphatic rings. The van der Waals surface area contributed by atoms with E-state index in [1.54, 1.807) is 6.92 Å². The Bertz CT molecular complexity index is 64.6. The molecule has 0 radical (unpaired) electrons. The Morgan fingerprint density at radius 1 is 1.09 bits per heavy atom. The summed E-state index contributed by atoms with van der Waals surface area (Å²) in [6.45, 7) is 3.95. The minimum atomic E-state index is -0.346. The van der Waals surface area contributed by atoms with Crippen LogP contribution in [-0.2, 0) is 0 Å².